The molecule has 3 aromatic rings. The molecule has 0 aliphatic carbocycles. The normalized spacial score (nSPS) is 22.7. The Bertz CT molecular complexity index is 973. The Morgan fingerprint density at radius 2 is 2.04 bits per heavy atom. The van der Waals surface area contributed by atoms with E-state index in [2.05, 4.69) is 17.1 Å². The molecule has 2 aliphatic rings. The molecule has 1 amide bonds. The van der Waals surface area contributed by atoms with Crippen LogP contribution in [-0.4, -0.2) is 28.1 Å². The van der Waals surface area contributed by atoms with E-state index in [1.165, 1.54) is 22.3 Å². The van der Waals surface area contributed by atoms with Gasteiger partial charge in [-0.1, -0.05) is 24.3 Å². The highest BCUT2D eigenvalue weighted by atomic mass is 32.1. The van der Waals surface area contributed by atoms with Crippen molar-refractivity contribution in [1.82, 2.24) is 9.88 Å². The standard InChI is InChI=1S/C20H18N2O2S/c23-17-8-7-14(20(24)16-6-3-11-25-16)19-18-13(9-10-22(17)19)12-4-1-2-5-15(12)21-18/h1-6,11,14,19,21H,7-10H2/t14-,19?/m1/s1. The van der Waals surface area contributed by atoms with Crippen molar-refractivity contribution in [3.63, 3.8) is 0 Å². The van der Waals surface area contributed by atoms with Crippen LogP contribution < -0.4 is 0 Å². The van der Waals surface area contributed by atoms with Crippen LogP contribution in [0.1, 0.15) is 39.8 Å². The van der Waals surface area contributed by atoms with Crippen LogP contribution in [0.3, 0.4) is 0 Å². The summed E-state index contributed by atoms with van der Waals surface area (Å²) in [6.07, 6.45) is 1.95. The van der Waals surface area contributed by atoms with Gasteiger partial charge in [-0.2, -0.15) is 0 Å². The number of hydrogen-bond acceptors (Lipinski definition) is 3. The second-order valence-electron chi connectivity index (χ2n) is 6.83. The third kappa shape index (κ3) is 2.19. The number of aromatic nitrogens is 1. The van der Waals surface area contributed by atoms with Gasteiger partial charge in [0.1, 0.15) is 0 Å². The molecule has 4 heterocycles. The minimum atomic E-state index is -0.163. The molecule has 2 atom stereocenters. The maximum atomic E-state index is 13.1. The van der Waals surface area contributed by atoms with Gasteiger partial charge in [-0.25, -0.2) is 0 Å². The van der Waals surface area contributed by atoms with Gasteiger partial charge < -0.3 is 9.88 Å². The number of ketones is 1. The van der Waals surface area contributed by atoms with E-state index in [0.717, 1.165) is 22.5 Å². The quantitative estimate of drug-likeness (QED) is 0.712. The van der Waals surface area contributed by atoms with Crippen LogP contribution in [0.5, 0.6) is 0 Å². The Morgan fingerprint density at radius 1 is 1.16 bits per heavy atom. The van der Waals surface area contributed by atoms with Crippen molar-refractivity contribution in [1.29, 1.82) is 0 Å². The molecule has 25 heavy (non-hydrogen) atoms. The number of para-hydroxylation sites is 1. The van der Waals surface area contributed by atoms with Crippen LogP contribution >= 0.6 is 11.3 Å². The third-order valence-electron chi connectivity index (χ3n) is 5.55. The zero-order chi connectivity index (χ0) is 17.0. The smallest absolute Gasteiger partial charge is 0.223 e. The zero-order valence-electron chi connectivity index (χ0n) is 13.7. The number of carbonyl (C=O) groups is 2. The van der Waals surface area contributed by atoms with E-state index >= 15 is 0 Å². The fourth-order valence-electron chi connectivity index (χ4n) is 4.42. The van der Waals surface area contributed by atoms with E-state index < -0.39 is 0 Å². The Hall–Kier alpha value is -2.40. The predicted molar refractivity (Wildman–Crippen MR) is 97.8 cm³/mol. The lowest BCUT2D eigenvalue weighted by atomic mass is 9.79. The van der Waals surface area contributed by atoms with Crippen LogP contribution in [0.4, 0.5) is 0 Å². The number of Topliss-reactive ketones (excluding diaryl/α,β-unsaturated/α-hetero) is 1. The molecule has 2 aromatic heterocycles. The molecule has 4 nitrogen and oxygen atoms in total. The highest BCUT2D eigenvalue weighted by Crippen LogP contribution is 2.44. The monoisotopic (exact) mass is 350 g/mol. The summed E-state index contributed by atoms with van der Waals surface area (Å²) in [5.74, 6) is 0.178. The molecule has 1 aromatic carbocycles. The molecular weight excluding hydrogens is 332 g/mol. The van der Waals surface area contributed by atoms with Crippen LogP contribution in [0.15, 0.2) is 41.8 Å². The summed E-state index contributed by atoms with van der Waals surface area (Å²) in [5, 5.41) is 3.16. The third-order valence-corrected chi connectivity index (χ3v) is 6.44. The fraction of sp³-hybridized carbons (Fsp3) is 0.300. The number of benzene rings is 1. The van der Waals surface area contributed by atoms with Gasteiger partial charge in [-0.3, -0.25) is 9.59 Å². The van der Waals surface area contributed by atoms with Gasteiger partial charge in [0.25, 0.3) is 0 Å². The van der Waals surface area contributed by atoms with Gasteiger partial charge in [0, 0.05) is 35.5 Å². The van der Waals surface area contributed by atoms with Crippen molar-refractivity contribution < 1.29 is 9.59 Å². The molecule has 2 aliphatic heterocycles. The first-order chi connectivity index (χ1) is 12.2. The number of amides is 1. The van der Waals surface area contributed by atoms with E-state index in [1.54, 1.807) is 0 Å². The zero-order valence-corrected chi connectivity index (χ0v) is 14.5. The lowest BCUT2D eigenvalue weighted by molar-refractivity contribution is -0.138. The number of carbonyl (C=O) groups excluding carboxylic acids is 2. The van der Waals surface area contributed by atoms with Crippen molar-refractivity contribution in [3.8, 4) is 0 Å². The Kier molecular flexibility index (Phi) is 3.31. The Labute approximate surface area is 149 Å². The number of nitrogens with zero attached hydrogens (tertiary/aromatic N) is 1. The molecule has 0 radical (unpaired) electrons. The molecule has 1 saturated heterocycles. The van der Waals surface area contributed by atoms with Crippen molar-refractivity contribution in [2.45, 2.75) is 25.3 Å². The predicted octanol–water partition coefficient (Wildman–Crippen LogP) is 3.95. The summed E-state index contributed by atoms with van der Waals surface area (Å²) in [6, 6.07) is 11.9. The summed E-state index contributed by atoms with van der Waals surface area (Å²) in [5.41, 5.74) is 3.43. The summed E-state index contributed by atoms with van der Waals surface area (Å²) in [4.78, 5) is 31.9. The van der Waals surface area contributed by atoms with E-state index in [4.69, 9.17) is 0 Å². The van der Waals surface area contributed by atoms with E-state index in [0.29, 0.717) is 19.4 Å². The molecule has 0 bridgehead atoms. The van der Waals surface area contributed by atoms with Gasteiger partial charge in [0.15, 0.2) is 5.78 Å². The number of hydrogen-bond donors (Lipinski definition) is 1. The number of piperidine rings is 1. The summed E-state index contributed by atoms with van der Waals surface area (Å²) in [7, 11) is 0. The molecule has 0 spiro atoms. The van der Waals surface area contributed by atoms with Crippen molar-refractivity contribution >= 4 is 33.9 Å². The second kappa shape index (κ2) is 5.56. The Morgan fingerprint density at radius 3 is 2.88 bits per heavy atom. The van der Waals surface area contributed by atoms with Crippen LogP contribution in [0.25, 0.3) is 10.9 Å². The minimum absolute atomic E-state index is 0.160. The van der Waals surface area contributed by atoms with Gasteiger partial charge in [-0.15, -0.1) is 11.3 Å². The van der Waals surface area contributed by atoms with Crippen LogP contribution in [0.2, 0.25) is 0 Å². The average molecular weight is 350 g/mol. The van der Waals surface area contributed by atoms with E-state index in [9.17, 15) is 9.59 Å². The molecule has 126 valence electrons. The highest BCUT2D eigenvalue weighted by molar-refractivity contribution is 7.12. The minimum Gasteiger partial charge on any atom is -0.356 e. The number of thiophene rings is 1. The molecule has 5 heteroatoms. The first-order valence-electron chi connectivity index (χ1n) is 8.70. The number of aromatic amines is 1. The largest absolute Gasteiger partial charge is 0.356 e. The molecule has 1 unspecified atom stereocenters. The fourth-order valence-corrected chi connectivity index (χ4v) is 5.15. The van der Waals surface area contributed by atoms with Gasteiger partial charge >= 0.3 is 0 Å². The number of nitrogens with one attached hydrogen (secondary N) is 1. The first-order valence-corrected chi connectivity index (χ1v) is 9.58. The summed E-state index contributed by atoms with van der Waals surface area (Å²) >= 11 is 1.49. The highest BCUT2D eigenvalue weighted by Gasteiger charge is 2.44. The average Bonchev–Trinajstić information content (AvgIpc) is 3.29. The van der Waals surface area contributed by atoms with Gasteiger partial charge in [0.05, 0.1) is 10.9 Å². The van der Waals surface area contributed by atoms with Crippen LogP contribution in [0, 0.1) is 5.92 Å². The number of rotatable bonds is 2. The molecular formula is C20H18N2O2S. The van der Waals surface area contributed by atoms with Crippen molar-refractivity contribution in [3.05, 3.63) is 57.9 Å². The van der Waals surface area contributed by atoms with E-state index in [1.807, 2.05) is 34.5 Å². The molecule has 5 rings (SSSR count). The van der Waals surface area contributed by atoms with Crippen molar-refractivity contribution in [2.75, 3.05) is 6.54 Å². The Balaban J connectivity index is 1.65. The SMILES string of the molecule is O=C(c1cccs1)[C@@H]1CCC(=O)N2CCc3c([nH]c4ccccc34)C12. The van der Waals surface area contributed by atoms with Crippen molar-refractivity contribution in [2.24, 2.45) is 5.92 Å². The van der Waals surface area contributed by atoms with Gasteiger partial charge in [-0.05, 0) is 35.9 Å². The molecule has 0 saturated carbocycles. The molecule has 1 fully saturated rings. The second-order valence-corrected chi connectivity index (χ2v) is 7.78. The summed E-state index contributed by atoms with van der Waals surface area (Å²) in [6.45, 7) is 0.701. The number of fused-ring (bicyclic) bond motifs is 5. The maximum Gasteiger partial charge on any atom is 0.223 e. The van der Waals surface area contributed by atoms with Gasteiger partial charge in [0.2, 0.25) is 5.91 Å². The first kappa shape index (κ1) is 14.9. The number of H-pyrrole nitrogens is 1. The topological polar surface area (TPSA) is 53.2 Å². The van der Waals surface area contributed by atoms with Crippen LogP contribution in [-0.2, 0) is 11.2 Å². The lowest BCUT2D eigenvalue weighted by Gasteiger charge is -2.43. The lowest BCUT2D eigenvalue weighted by Crippen LogP contribution is -2.48. The van der Waals surface area contributed by atoms with E-state index in [-0.39, 0.29) is 23.7 Å². The molecule has 1 N–H and O–H groups in total. The maximum absolute atomic E-state index is 13.1. The summed E-state index contributed by atoms with van der Waals surface area (Å²) < 4.78 is 0.